The summed E-state index contributed by atoms with van der Waals surface area (Å²) in [7, 11) is 2.87. The summed E-state index contributed by atoms with van der Waals surface area (Å²) in [6, 6.07) is 0.155. The molecule has 0 saturated carbocycles. The van der Waals surface area contributed by atoms with Crippen LogP contribution in [-0.2, 0) is 20.8 Å². The van der Waals surface area contributed by atoms with Gasteiger partial charge in [-0.25, -0.2) is 9.48 Å². The zero-order chi connectivity index (χ0) is 13.8. The van der Waals surface area contributed by atoms with Gasteiger partial charge in [0.15, 0.2) is 5.69 Å². The number of carbonyl (C=O) groups excluding carboxylic acids is 1. The molecular weight excluding hydrogens is 250 g/mol. The highest BCUT2D eigenvalue weighted by Crippen LogP contribution is 2.27. The van der Waals surface area contributed by atoms with E-state index in [4.69, 9.17) is 19.9 Å². The van der Waals surface area contributed by atoms with E-state index in [1.54, 1.807) is 11.8 Å². The van der Waals surface area contributed by atoms with Crippen molar-refractivity contribution in [1.29, 1.82) is 0 Å². The molecule has 2 N–H and O–H groups in total. The van der Waals surface area contributed by atoms with Crippen LogP contribution in [0.4, 0.5) is 5.82 Å². The minimum Gasteiger partial charge on any atom is -0.464 e. The van der Waals surface area contributed by atoms with Crippen molar-refractivity contribution in [2.45, 2.75) is 25.5 Å². The van der Waals surface area contributed by atoms with Crippen LogP contribution in [0, 0.1) is 0 Å². The van der Waals surface area contributed by atoms with Gasteiger partial charge in [-0.1, -0.05) is 0 Å². The molecule has 106 valence electrons. The minimum absolute atomic E-state index is 0.155. The highest BCUT2D eigenvalue weighted by atomic mass is 16.5. The Balaban J connectivity index is 2.35. The Bertz CT molecular complexity index is 452. The van der Waals surface area contributed by atoms with Gasteiger partial charge in [-0.15, -0.1) is 0 Å². The van der Waals surface area contributed by atoms with Crippen LogP contribution < -0.4 is 5.73 Å². The van der Waals surface area contributed by atoms with Gasteiger partial charge in [0.1, 0.15) is 5.82 Å². The molecular formula is C12H19N3O4. The summed E-state index contributed by atoms with van der Waals surface area (Å²) in [6.07, 6.45) is 1.66. The molecule has 19 heavy (non-hydrogen) atoms. The molecule has 1 saturated heterocycles. The lowest BCUT2D eigenvalue weighted by molar-refractivity contribution is 0.0580. The largest absolute Gasteiger partial charge is 0.464 e. The van der Waals surface area contributed by atoms with Gasteiger partial charge in [-0.3, -0.25) is 0 Å². The SMILES string of the molecule is COCc1c(C(=O)OC)nn(C2CCOCC2)c1N. The van der Waals surface area contributed by atoms with E-state index < -0.39 is 5.97 Å². The van der Waals surface area contributed by atoms with E-state index in [2.05, 4.69) is 5.10 Å². The molecule has 0 amide bonds. The van der Waals surface area contributed by atoms with Crippen molar-refractivity contribution in [3.63, 3.8) is 0 Å². The summed E-state index contributed by atoms with van der Waals surface area (Å²) >= 11 is 0. The van der Waals surface area contributed by atoms with Crippen LogP contribution in [0.5, 0.6) is 0 Å². The fraction of sp³-hybridized carbons (Fsp3) is 0.667. The molecule has 0 radical (unpaired) electrons. The number of methoxy groups -OCH3 is 2. The van der Waals surface area contributed by atoms with E-state index >= 15 is 0 Å². The quantitative estimate of drug-likeness (QED) is 0.811. The number of nitrogens with two attached hydrogens (primary N) is 1. The Morgan fingerprint density at radius 3 is 2.74 bits per heavy atom. The molecule has 1 fully saturated rings. The average Bonchev–Trinajstić information content (AvgIpc) is 2.77. The maximum Gasteiger partial charge on any atom is 0.359 e. The molecule has 7 heteroatoms. The number of nitrogens with zero attached hydrogens (tertiary/aromatic N) is 2. The lowest BCUT2D eigenvalue weighted by Gasteiger charge is -2.23. The normalized spacial score (nSPS) is 16.5. The number of carbonyl (C=O) groups is 1. The van der Waals surface area contributed by atoms with Crippen LogP contribution >= 0.6 is 0 Å². The van der Waals surface area contributed by atoms with Crippen LogP contribution in [0.1, 0.15) is 34.9 Å². The standard InChI is InChI=1S/C12H19N3O4/c1-17-7-9-10(12(16)18-2)14-15(11(9)13)8-3-5-19-6-4-8/h8H,3-7,13H2,1-2H3. The van der Waals surface area contributed by atoms with Gasteiger partial charge in [0.2, 0.25) is 0 Å². The van der Waals surface area contributed by atoms with Gasteiger partial charge in [-0.2, -0.15) is 5.10 Å². The molecule has 0 spiro atoms. The van der Waals surface area contributed by atoms with Gasteiger partial charge in [0.25, 0.3) is 0 Å². The highest BCUT2D eigenvalue weighted by Gasteiger charge is 2.26. The summed E-state index contributed by atoms with van der Waals surface area (Å²) in [5, 5.41) is 4.30. The van der Waals surface area contributed by atoms with E-state index in [9.17, 15) is 4.79 Å². The summed E-state index contributed by atoms with van der Waals surface area (Å²) in [5.74, 6) is -0.0290. The Kier molecular flexibility index (Phi) is 4.39. The van der Waals surface area contributed by atoms with Crippen LogP contribution in [0.2, 0.25) is 0 Å². The van der Waals surface area contributed by atoms with Crippen molar-refractivity contribution in [1.82, 2.24) is 9.78 Å². The van der Waals surface area contributed by atoms with Crippen molar-refractivity contribution in [3.05, 3.63) is 11.3 Å². The van der Waals surface area contributed by atoms with Crippen molar-refractivity contribution >= 4 is 11.8 Å². The van der Waals surface area contributed by atoms with Crippen molar-refractivity contribution in [3.8, 4) is 0 Å². The number of hydrogen-bond acceptors (Lipinski definition) is 6. The number of ether oxygens (including phenoxy) is 3. The number of anilines is 1. The second-order valence-corrected chi connectivity index (χ2v) is 4.43. The molecule has 1 aliphatic heterocycles. The summed E-state index contributed by atoms with van der Waals surface area (Å²) in [6.45, 7) is 1.59. The molecule has 0 aromatic carbocycles. The molecule has 0 unspecified atom stereocenters. The molecule has 0 bridgehead atoms. The molecule has 7 nitrogen and oxygen atoms in total. The first-order valence-electron chi connectivity index (χ1n) is 6.20. The summed E-state index contributed by atoms with van der Waals surface area (Å²) < 4.78 is 16.8. The van der Waals surface area contributed by atoms with Gasteiger partial charge in [0.05, 0.1) is 25.3 Å². The van der Waals surface area contributed by atoms with E-state index in [-0.39, 0.29) is 18.3 Å². The first-order chi connectivity index (χ1) is 9.19. The average molecular weight is 269 g/mol. The van der Waals surface area contributed by atoms with Gasteiger partial charge >= 0.3 is 5.97 Å². The first-order valence-corrected chi connectivity index (χ1v) is 6.20. The topological polar surface area (TPSA) is 88.6 Å². The smallest absolute Gasteiger partial charge is 0.359 e. The van der Waals surface area contributed by atoms with Gasteiger partial charge < -0.3 is 19.9 Å². The lowest BCUT2D eigenvalue weighted by Crippen LogP contribution is -2.22. The van der Waals surface area contributed by atoms with Crippen LogP contribution in [-0.4, -0.2) is 43.2 Å². The third-order valence-corrected chi connectivity index (χ3v) is 3.25. The molecule has 0 aliphatic carbocycles. The lowest BCUT2D eigenvalue weighted by atomic mass is 10.1. The zero-order valence-electron chi connectivity index (χ0n) is 11.2. The van der Waals surface area contributed by atoms with Crippen molar-refractivity contribution < 1.29 is 19.0 Å². The number of rotatable bonds is 4. The molecule has 1 aromatic rings. The number of esters is 1. The Labute approximate surface area is 111 Å². The second kappa shape index (κ2) is 6.03. The number of hydrogen-bond donors (Lipinski definition) is 1. The monoisotopic (exact) mass is 269 g/mol. The van der Waals surface area contributed by atoms with E-state index in [0.29, 0.717) is 24.6 Å². The Hall–Kier alpha value is -1.60. The number of aromatic nitrogens is 2. The van der Waals surface area contributed by atoms with Crippen molar-refractivity contribution in [2.75, 3.05) is 33.2 Å². The van der Waals surface area contributed by atoms with E-state index in [1.807, 2.05) is 0 Å². The van der Waals surface area contributed by atoms with Crippen molar-refractivity contribution in [2.24, 2.45) is 0 Å². The van der Waals surface area contributed by atoms with Crippen LogP contribution in [0.3, 0.4) is 0 Å². The Morgan fingerprint density at radius 2 is 2.16 bits per heavy atom. The molecule has 1 aliphatic rings. The van der Waals surface area contributed by atoms with E-state index in [0.717, 1.165) is 12.8 Å². The van der Waals surface area contributed by atoms with Gasteiger partial charge in [0, 0.05) is 20.3 Å². The molecule has 1 aromatic heterocycles. The molecule has 2 heterocycles. The van der Waals surface area contributed by atoms with E-state index in [1.165, 1.54) is 7.11 Å². The maximum atomic E-state index is 11.7. The van der Waals surface area contributed by atoms with Crippen LogP contribution in [0.15, 0.2) is 0 Å². The Morgan fingerprint density at radius 1 is 1.47 bits per heavy atom. The predicted octanol–water partition coefficient (Wildman–Crippen LogP) is 0.750. The fourth-order valence-electron chi connectivity index (χ4n) is 2.24. The third-order valence-electron chi connectivity index (χ3n) is 3.25. The predicted molar refractivity (Wildman–Crippen MR) is 67.8 cm³/mol. The fourth-order valence-corrected chi connectivity index (χ4v) is 2.24. The zero-order valence-corrected chi connectivity index (χ0v) is 11.2. The highest BCUT2D eigenvalue weighted by molar-refractivity contribution is 5.90. The van der Waals surface area contributed by atoms with Crippen LogP contribution in [0.25, 0.3) is 0 Å². The minimum atomic E-state index is -0.496. The third kappa shape index (κ3) is 2.71. The number of nitrogen functional groups attached to an aromatic ring is 1. The summed E-state index contributed by atoms with van der Waals surface area (Å²) in [5.41, 5.74) is 6.90. The summed E-state index contributed by atoms with van der Waals surface area (Å²) in [4.78, 5) is 11.7. The second-order valence-electron chi connectivity index (χ2n) is 4.43. The van der Waals surface area contributed by atoms with Gasteiger partial charge in [-0.05, 0) is 12.8 Å². The first kappa shape index (κ1) is 13.8. The molecule has 2 rings (SSSR count). The molecule has 0 atom stereocenters. The maximum absolute atomic E-state index is 11.7.